The number of furan rings is 1. The molecule has 1 aromatic heterocycles. The van der Waals surface area contributed by atoms with E-state index < -0.39 is 28.5 Å². The Kier molecular flexibility index (Phi) is 4.58. The molecule has 1 saturated heterocycles. The highest BCUT2D eigenvalue weighted by atomic mass is 19.4. The van der Waals surface area contributed by atoms with Gasteiger partial charge in [-0.2, -0.15) is 13.2 Å². The molecule has 7 nitrogen and oxygen atoms in total. The molecule has 1 aromatic carbocycles. The third kappa shape index (κ3) is 3.63. The molecule has 1 N–H and O–H groups in total. The van der Waals surface area contributed by atoms with Gasteiger partial charge in [0.25, 0.3) is 5.91 Å². The van der Waals surface area contributed by atoms with Crippen LogP contribution in [-0.4, -0.2) is 23.9 Å². The Labute approximate surface area is 145 Å². The van der Waals surface area contributed by atoms with Crippen LogP contribution in [0, 0.1) is 10.1 Å². The van der Waals surface area contributed by atoms with Crippen LogP contribution in [0.4, 0.5) is 30.4 Å². The van der Waals surface area contributed by atoms with Crippen LogP contribution in [0.5, 0.6) is 0 Å². The van der Waals surface area contributed by atoms with Crippen molar-refractivity contribution in [2.24, 2.45) is 0 Å². The molecule has 2 aromatic rings. The number of nitro groups is 1. The zero-order chi connectivity index (χ0) is 18.9. The van der Waals surface area contributed by atoms with Gasteiger partial charge in [-0.25, -0.2) is 0 Å². The molecular weight excluding hydrogens is 355 g/mol. The van der Waals surface area contributed by atoms with E-state index in [1.807, 2.05) is 4.90 Å². The number of rotatable bonds is 4. The van der Waals surface area contributed by atoms with Gasteiger partial charge in [0.05, 0.1) is 23.0 Å². The lowest BCUT2D eigenvalue weighted by Gasteiger charge is -2.22. The first-order valence-corrected chi connectivity index (χ1v) is 7.77. The second kappa shape index (κ2) is 6.70. The van der Waals surface area contributed by atoms with Crippen LogP contribution in [0.1, 0.15) is 29.0 Å². The molecule has 10 heteroatoms. The zero-order valence-electron chi connectivity index (χ0n) is 13.4. The van der Waals surface area contributed by atoms with E-state index >= 15 is 0 Å². The number of hydrogen-bond acceptors (Lipinski definition) is 5. The average Bonchev–Trinajstić information content (AvgIpc) is 3.26. The fourth-order valence-corrected chi connectivity index (χ4v) is 2.78. The molecule has 0 unspecified atom stereocenters. The number of nitrogens with zero attached hydrogens (tertiary/aromatic N) is 2. The number of hydrogen-bond donors (Lipinski definition) is 1. The van der Waals surface area contributed by atoms with Crippen molar-refractivity contribution >= 4 is 23.2 Å². The Hall–Kier alpha value is -3.04. The smallest absolute Gasteiger partial charge is 0.395 e. The fraction of sp³-hybridized carbons (Fsp3) is 0.312. The normalized spacial score (nSPS) is 14.5. The molecule has 0 aliphatic carbocycles. The molecule has 0 atom stereocenters. The molecule has 0 spiro atoms. The topological polar surface area (TPSA) is 88.6 Å². The quantitative estimate of drug-likeness (QED) is 0.649. The number of alkyl halides is 3. The SMILES string of the molecule is O=C(Nc1cc(C(F)(F)F)ccc1N1CCCC1)c1ccc([N+](=O)[O-])o1. The van der Waals surface area contributed by atoms with E-state index in [4.69, 9.17) is 4.42 Å². The molecule has 2 heterocycles. The van der Waals surface area contributed by atoms with Crippen LogP contribution in [0.2, 0.25) is 0 Å². The summed E-state index contributed by atoms with van der Waals surface area (Å²) in [5, 5.41) is 13.0. The minimum atomic E-state index is -4.56. The van der Waals surface area contributed by atoms with Gasteiger partial charge in [0.15, 0.2) is 5.76 Å². The highest BCUT2D eigenvalue weighted by molar-refractivity contribution is 6.04. The summed E-state index contributed by atoms with van der Waals surface area (Å²) in [6.07, 6.45) is -2.76. The maximum absolute atomic E-state index is 13.0. The summed E-state index contributed by atoms with van der Waals surface area (Å²) in [6, 6.07) is 5.22. The monoisotopic (exact) mass is 369 g/mol. The molecule has 26 heavy (non-hydrogen) atoms. The van der Waals surface area contributed by atoms with Crippen LogP contribution in [0.3, 0.4) is 0 Å². The number of carbonyl (C=O) groups excluding carboxylic acids is 1. The first-order valence-electron chi connectivity index (χ1n) is 7.77. The van der Waals surface area contributed by atoms with Crippen LogP contribution in [0.15, 0.2) is 34.7 Å². The largest absolute Gasteiger partial charge is 0.433 e. The summed E-state index contributed by atoms with van der Waals surface area (Å²) in [6.45, 7) is 1.33. The van der Waals surface area contributed by atoms with Crippen LogP contribution in [0.25, 0.3) is 0 Å². The lowest BCUT2D eigenvalue weighted by Crippen LogP contribution is -2.21. The minimum absolute atomic E-state index is 0.0224. The van der Waals surface area contributed by atoms with Crippen molar-refractivity contribution < 1.29 is 27.3 Å². The molecular formula is C16H14F3N3O4. The average molecular weight is 369 g/mol. The van der Waals surface area contributed by atoms with E-state index in [0.29, 0.717) is 18.8 Å². The van der Waals surface area contributed by atoms with Crippen molar-refractivity contribution in [2.45, 2.75) is 19.0 Å². The minimum Gasteiger partial charge on any atom is -0.395 e. The molecule has 0 bridgehead atoms. The van der Waals surface area contributed by atoms with E-state index in [-0.39, 0.29) is 11.4 Å². The summed E-state index contributed by atoms with van der Waals surface area (Å²) >= 11 is 0. The van der Waals surface area contributed by atoms with Gasteiger partial charge in [0.1, 0.15) is 4.92 Å². The van der Waals surface area contributed by atoms with Crippen molar-refractivity contribution in [3.05, 3.63) is 51.8 Å². The summed E-state index contributed by atoms with van der Waals surface area (Å²) in [5.74, 6) is -1.85. The summed E-state index contributed by atoms with van der Waals surface area (Å²) in [4.78, 5) is 23.9. The number of amides is 1. The highest BCUT2D eigenvalue weighted by Crippen LogP contribution is 2.36. The zero-order valence-corrected chi connectivity index (χ0v) is 13.4. The number of anilines is 2. The number of carbonyl (C=O) groups is 1. The van der Waals surface area contributed by atoms with Gasteiger partial charge in [0.2, 0.25) is 0 Å². The van der Waals surface area contributed by atoms with Gasteiger partial charge in [-0.15, -0.1) is 0 Å². The van der Waals surface area contributed by atoms with Crippen molar-refractivity contribution in [1.29, 1.82) is 0 Å². The third-order valence-corrected chi connectivity index (χ3v) is 4.01. The first kappa shape index (κ1) is 17.8. The Bertz CT molecular complexity index is 842. The molecule has 1 aliphatic rings. The van der Waals surface area contributed by atoms with E-state index in [2.05, 4.69) is 5.32 Å². The van der Waals surface area contributed by atoms with Gasteiger partial charge in [-0.05, 0) is 37.1 Å². The molecule has 0 radical (unpaired) electrons. The van der Waals surface area contributed by atoms with Crippen molar-refractivity contribution in [1.82, 2.24) is 0 Å². The number of benzene rings is 1. The van der Waals surface area contributed by atoms with E-state index in [0.717, 1.165) is 37.1 Å². The highest BCUT2D eigenvalue weighted by Gasteiger charge is 2.32. The molecule has 1 amide bonds. The van der Waals surface area contributed by atoms with Crippen LogP contribution < -0.4 is 10.2 Å². The fourth-order valence-electron chi connectivity index (χ4n) is 2.78. The van der Waals surface area contributed by atoms with E-state index in [1.165, 1.54) is 6.07 Å². The molecule has 1 fully saturated rings. The lowest BCUT2D eigenvalue weighted by atomic mass is 10.1. The Morgan fingerprint density at radius 3 is 2.46 bits per heavy atom. The van der Waals surface area contributed by atoms with Crippen molar-refractivity contribution in [2.75, 3.05) is 23.3 Å². The maximum Gasteiger partial charge on any atom is 0.433 e. The van der Waals surface area contributed by atoms with Gasteiger partial charge < -0.3 is 14.6 Å². The predicted octanol–water partition coefficient (Wildman–Crippen LogP) is 4.06. The molecule has 3 rings (SSSR count). The standard InChI is InChI=1S/C16H14F3N3O4/c17-16(18,19)10-3-4-12(21-7-1-2-8-21)11(9-10)20-15(23)13-5-6-14(26-13)22(24)25/h3-6,9H,1-2,7-8H2,(H,20,23). The lowest BCUT2D eigenvalue weighted by molar-refractivity contribution is -0.402. The second-order valence-corrected chi connectivity index (χ2v) is 5.77. The Morgan fingerprint density at radius 2 is 1.88 bits per heavy atom. The van der Waals surface area contributed by atoms with Crippen LogP contribution in [-0.2, 0) is 6.18 Å². The predicted molar refractivity (Wildman–Crippen MR) is 86.2 cm³/mol. The van der Waals surface area contributed by atoms with Crippen molar-refractivity contribution in [3.63, 3.8) is 0 Å². The molecule has 1 aliphatic heterocycles. The van der Waals surface area contributed by atoms with E-state index in [1.54, 1.807) is 0 Å². The second-order valence-electron chi connectivity index (χ2n) is 5.77. The molecule has 138 valence electrons. The van der Waals surface area contributed by atoms with Crippen LogP contribution >= 0.6 is 0 Å². The van der Waals surface area contributed by atoms with Crippen molar-refractivity contribution in [3.8, 4) is 0 Å². The third-order valence-electron chi connectivity index (χ3n) is 4.01. The maximum atomic E-state index is 13.0. The van der Waals surface area contributed by atoms with Gasteiger partial charge in [-0.3, -0.25) is 14.9 Å². The molecule has 0 saturated carbocycles. The number of nitrogens with one attached hydrogen (secondary N) is 1. The summed E-state index contributed by atoms with van der Waals surface area (Å²) in [5.41, 5.74) is -0.461. The number of halogens is 3. The van der Waals surface area contributed by atoms with Gasteiger partial charge in [-0.1, -0.05) is 0 Å². The Balaban J connectivity index is 1.92. The van der Waals surface area contributed by atoms with Gasteiger partial charge >= 0.3 is 12.1 Å². The van der Waals surface area contributed by atoms with Gasteiger partial charge in [0, 0.05) is 13.1 Å². The first-order chi connectivity index (χ1) is 12.3. The summed E-state index contributed by atoms with van der Waals surface area (Å²) < 4.78 is 43.8. The Morgan fingerprint density at radius 1 is 1.19 bits per heavy atom. The summed E-state index contributed by atoms with van der Waals surface area (Å²) in [7, 11) is 0. The van der Waals surface area contributed by atoms with E-state index in [9.17, 15) is 28.1 Å².